The molecule has 0 spiro atoms. The second-order valence-electron chi connectivity index (χ2n) is 20.0. The highest BCUT2D eigenvalue weighted by molar-refractivity contribution is 6.36. The summed E-state index contributed by atoms with van der Waals surface area (Å²) < 4.78 is 56.1. The lowest BCUT2D eigenvalue weighted by molar-refractivity contribution is 0.324. The Bertz CT molecular complexity index is 3500. The summed E-state index contributed by atoms with van der Waals surface area (Å²) >= 11 is 34.2. The van der Waals surface area contributed by atoms with Crippen LogP contribution in [0.15, 0.2) is 164 Å². The summed E-state index contributed by atoms with van der Waals surface area (Å²) in [5, 5.41) is 4.36. The smallest absolute Gasteiger partial charge is 0.203 e. The first-order valence-electron chi connectivity index (χ1n) is 29.1. The van der Waals surface area contributed by atoms with Gasteiger partial charge in [0.1, 0.15) is 23.0 Å². The van der Waals surface area contributed by atoms with Gasteiger partial charge in [0.2, 0.25) is 5.75 Å². The SMILES string of the molecule is CCc1ccccc1C.COc1cc(C)cc(OC)c1.COc1cc(C)cc(OC)c1OC.COc1ccc(C)cc1OC.COc1ccc(OC)c(C)c1.COc1cccc(C)c1OC.Cc1c(Cl)cccc1Cl.Cc1cc(Cl)ccc1Cl.Cc1ccc(Cl)cc1Cl. The topological polar surface area (TPSA) is 102 Å². The number of benzene rings is 9. The molecule has 0 saturated heterocycles. The molecule has 0 fully saturated rings. The summed E-state index contributed by atoms with van der Waals surface area (Å²) in [6.45, 7) is 20.1. The molecule has 11 nitrogen and oxygen atoms in total. The van der Waals surface area contributed by atoms with E-state index in [1.165, 1.54) is 16.7 Å². The zero-order valence-corrected chi connectivity index (χ0v) is 62.1. The molecule has 0 saturated carbocycles. The molecule has 0 radical (unpaired) electrons. The Balaban J connectivity index is 0.000000524. The first-order valence-corrected chi connectivity index (χ1v) is 31.4. The van der Waals surface area contributed by atoms with Crippen LogP contribution in [0.3, 0.4) is 0 Å². The molecule has 93 heavy (non-hydrogen) atoms. The molecule has 0 unspecified atom stereocenters. The van der Waals surface area contributed by atoms with Crippen LogP contribution >= 0.6 is 69.6 Å². The van der Waals surface area contributed by atoms with Gasteiger partial charge in [0.05, 0.1) is 78.2 Å². The summed E-state index contributed by atoms with van der Waals surface area (Å²) in [4.78, 5) is 0. The van der Waals surface area contributed by atoms with E-state index >= 15 is 0 Å². The lowest BCUT2D eigenvalue weighted by atomic mass is 10.1. The van der Waals surface area contributed by atoms with E-state index in [1.807, 2.05) is 177 Å². The van der Waals surface area contributed by atoms with Crippen LogP contribution in [0.5, 0.6) is 63.2 Å². The lowest BCUT2D eigenvalue weighted by Crippen LogP contribution is -1.95. The van der Waals surface area contributed by atoms with Crippen molar-refractivity contribution >= 4 is 69.6 Å². The Hall–Kier alpha value is -7.48. The molecule has 0 aromatic heterocycles. The van der Waals surface area contributed by atoms with E-state index in [0.29, 0.717) is 22.3 Å². The van der Waals surface area contributed by atoms with Crippen LogP contribution in [0.2, 0.25) is 30.1 Å². The summed E-state index contributed by atoms with van der Waals surface area (Å²) in [5.74, 6) is 8.61. The highest BCUT2D eigenvalue weighted by atomic mass is 35.5. The van der Waals surface area contributed by atoms with Gasteiger partial charge in [0.15, 0.2) is 34.5 Å². The van der Waals surface area contributed by atoms with Crippen LogP contribution in [0.1, 0.15) is 62.6 Å². The number of aryl methyl sites for hydroxylation is 9. The van der Waals surface area contributed by atoms with Crippen molar-refractivity contribution in [3.63, 3.8) is 0 Å². The molecule has 9 aromatic rings. The Morgan fingerprint density at radius 1 is 0.258 bits per heavy atom. The summed E-state index contributed by atoms with van der Waals surface area (Å²) in [5.41, 5.74) is 11.4. The Labute approximate surface area is 584 Å². The molecule has 0 aliphatic rings. The van der Waals surface area contributed by atoms with Crippen molar-refractivity contribution < 1.29 is 52.1 Å². The highest BCUT2D eigenvalue weighted by Crippen LogP contribution is 2.38. The van der Waals surface area contributed by atoms with E-state index in [0.717, 1.165) is 116 Å². The van der Waals surface area contributed by atoms with Crippen molar-refractivity contribution in [3.8, 4) is 63.2 Å². The number of hydrogen-bond donors (Lipinski definition) is 0. The molecule has 0 N–H and O–H groups in total. The Morgan fingerprint density at radius 2 is 0.731 bits per heavy atom. The second-order valence-corrected chi connectivity index (χ2v) is 22.5. The van der Waals surface area contributed by atoms with Gasteiger partial charge in [0, 0.05) is 36.2 Å². The van der Waals surface area contributed by atoms with Gasteiger partial charge >= 0.3 is 0 Å². The normalized spacial score (nSPS) is 9.49. The molecule has 0 aliphatic heterocycles. The third-order valence-corrected chi connectivity index (χ3v) is 15.3. The Kier molecular flexibility index (Phi) is 41.8. The van der Waals surface area contributed by atoms with Crippen molar-refractivity contribution in [2.24, 2.45) is 0 Å². The van der Waals surface area contributed by atoms with Gasteiger partial charge in [-0.25, -0.2) is 0 Å². The maximum Gasteiger partial charge on any atom is 0.203 e. The number of halogens is 6. The second kappa shape index (κ2) is 46.6. The predicted octanol–water partition coefficient (Wildman–Crippen LogP) is 22.5. The zero-order valence-electron chi connectivity index (χ0n) is 57.6. The zero-order chi connectivity index (χ0) is 70.2. The standard InChI is InChI=1S/C10H14O3.4C9H12O2.C9H12.3C7H6Cl2/c1-7-5-8(11-2)10(13-4)9(6-7)12-3;1-7-4-8(10-2)6-9(5-7)11-3;1-7-6-8(10-2)4-5-9(7)11-3;1-7-4-5-8(10-2)9(6-7)11-3;1-7-5-4-6-8(10-2)9(7)11-3;1-3-9-7-5-4-6-8(9)2;1-5-4-6(8)2-3-7(5)9;1-5-2-3-6(8)4-7(5)9;1-5-6(8)3-2-4-7(5)9/h5-6H,1-4H3;4*4-6H,1-3H3;4-7H,3H2,1-2H3;3*2-4H,1H3. The van der Waals surface area contributed by atoms with Gasteiger partial charge in [-0.05, 0) is 227 Å². The van der Waals surface area contributed by atoms with E-state index in [1.54, 1.807) is 96.4 Å². The third-order valence-electron chi connectivity index (χ3n) is 13.1. The fourth-order valence-electron chi connectivity index (χ4n) is 7.89. The molecule has 0 aliphatic carbocycles. The quantitative estimate of drug-likeness (QED) is 0.117. The maximum absolute atomic E-state index is 5.73. The lowest BCUT2D eigenvalue weighted by Gasteiger charge is -2.12. The highest BCUT2D eigenvalue weighted by Gasteiger charge is 2.11. The van der Waals surface area contributed by atoms with Crippen LogP contribution in [0, 0.1) is 62.3 Å². The monoisotopic (exact) mass is 1390 g/mol. The summed E-state index contributed by atoms with van der Waals surface area (Å²) in [6.07, 6.45) is 1.15. The molecule has 17 heteroatoms. The van der Waals surface area contributed by atoms with Crippen LogP contribution in [-0.2, 0) is 6.42 Å². The number of ether oxygens (including phenoxy) is 11. The van der Waals surface area contributed by atoms with Crippen molar-refractivity contribution in [1.29, 1.82) is 0 Å². The first kappa shape index (κ1) is 83.5. The minimum Gasteiger partial charge on any atom is -0.497 e. The minimum atomic E-state index is 0.635. The number of methoxy groups -OCH3 is 11. The minimum absolute atomic E-state index is 0.635. The van der Waals surface area contributed by atoms with Gasteiger partial charge in [-0.15, -0.1) is 0 Å². The van der Waals surface area contributed by atoms with Crippen LogP contribution < -0.4 is 52.1 Å². The molecule has 504 valence electrons. The van der Waals surface area contributed by atoms with Crippen molar-refractivity contribution in [1.82, 2.24) is 0 Å². The van der Waals surface area contributed by atoms with E-state index in [-0.39, 0.29) is 0 Å². The van der Waals surface area contributed by atoms with Crippen molar-refractivity contribution in [3.05, 3.63) is 250 Å². The number of para-hydroxylation sites is 1. The molecular weight excluding hydrogens is 1300 g/mol. The maximum atomic E-state index is 5.73. The molecule has 0 bridgehead atoms. The fraction of sp³-hybridized carbons (Fsp3) is 0.289. The number of hydrogen-bond acceptors (Lipinski definition) is 11. The van der Waals surface area contributed by atoms with Gasteiger partial charge in [-0.1, -0.05) is 131 Å². The molecule has 0 atom stereocenters. The van der Waals surface area contributed by atoms with Gasteiger partial charge < -0.3 is 52.1 Å². The predicted molar refractivity (Wildman–Crippen MR) is 392 cm³/mol. The third kappa shape index (κ3) is 31.3. The molecule has 0 heterocycles. The van der Waals surface area contributed by atoms with Gasteiger partial charge in [0.25, 0.3) is 0 Å². The fourth-order valence-corrected chi connectivity index (χ4v) is 9.04. The van der Waals surface area contributed by atoms with Crippen LogP contribution in [0.4, 0.5) is 0 Å². The molecule has 0 amide bonds. The van der Waals surface area contributed by atoms with Crippen LogP contribution in [-0.4, -0.2) is 78.2 Å². The number of rotatable bonds is 12. The Morgan fingerprint density at radius 3 is 1.15 bits per heavy atom. The average Bonchev–Trinajstić information content (AvgIpc) is 3.56. The van der Waals surface area contributed by atoms with E-state index in [4.69, 9.17) is 122 Å². The van der Waals surface area contributed by atoms with Crippen molar-refractivity contribution in [2.75, 3.05) is 78.2 Å². The van der Waals surface area contributed by atoms with E-state index in [9.17, 15) is 0 Å². The van der Waals surface area contributed by atoms with E-state index in [2.05, 4.69) is 38.1 Å². The molecular formula is C76H92Cl6O11. The first-order chi connectivity index (χ1) is 44.3. The average molecular weight is 1390 g/mol. The summed E-state index contributed by atoms with van der Waals surface area (Å²) in [7, 11) is 18.0. The molecule has 9 aromatic carbocycles. The largest absolute Gasteiger partial charge is 0.497 e. The van der Waals surface area contributed by atoms with Gasteiger partial charge in [-0.3, -0.25) is 0 Å². The van der Waals surface area contributed by atoms with E-state index < -0.39 is 0 Å². The van der Waals surface area contributed by atoms with Gasteiger partial charge in [-0.2, -0.15) is 0 Å². The molecule has 9 rings (SSSR count). The summed E-state index contributed by atoms with van der Waals surface area (Å²) in [6, 6.07) is 51.8. The van der Waals surface area contributed by atoms with Crippen LogP contribution in [0.25, 0.3) is 0 Å². The van der Waals surface area contributed by atoms with Crippen molar-refractivity contribution in [2.45, 2.75) is 75.7 Å².